The fourth-order valence-electron chi connectivity index (χ4n) is 1.23. The lowest BCUT2D eigenvalue weighted by Crippen LogP contribution is -2.19. The van der Waals surface area contributed by atoms with Crippen LogP contribution in [0.1, 0.15) is 15.9 Å². The van der Waals surface area contributed by atoms with Gasteiger partial charge in [0, 0.05) is 0 Å². The first-order chi connectivity index (χ1) is 7.33. The molecule has 1 aromatic rings. The topological polar surface area (TPSA) is 26.3 Å². The highest BCUT2D eigenvalue weighted by Crippen LogP contribution is 2.22. The number of hydrogen-bond donors (Lipinski definition) is 0. The summed E-state index contributed by atoms with van der Waals surface area (Å²) < 4.78 is 40.9. The maximum absolute atomic E-state index is 12.2. The number of carbonyl (C=O) groups is 1. The zero-order chi connectivity index (χ0) is 12.3. The van der Waals surface area contributed by atoms with Crippen molar-refractivity contribution in [3.05, 3.63) is 34.3 Å². The Morgan fingerprint density at radius 3 is 2.56 bits per heavy atom. The third-order valence-electron chi connectivity index (χ3n) is 1.90. The summed E-state index contributed by atoms with van der Waals surface area (Å²) in [6.45, 7) is -4.93. The van der Waals surface area contributed by atoms with Gasteiger partial charge >= 0.3 is 12.9 Å². The molecule has 2 nitrogen and oxygen atoms in total. The van der Waals surface area contributed by atoms with Gasteiger partial charge in [-0.2, -0.15) is 0 Å². The number of methoxy groups -OCH3 is 1. The molecule has 16 heavy (non-hydrogen) atoms. The molecule has 0 heterocycles. The summed E-state index contributed by atoms with van der Waals surface area (Å²) >= 11 is 5.66. The summed E-state index contributed by atoms with van der Waals surface area (Å²) in [7, 11) is 1.14. The van der Waals surface area contributed by atoms with Gasteiger partial charge in [0.15, 0.2) is 0 Å². The molecule has 0 aliphatic heterocycles. The lowest BCUT2D eigenvalue weighted by Gasteiger charge is -2.14. The third kappa shape index (κ3) is 3.45. The van der Waals surface area contributed by atoms with Crippen LogP contribution in [0.15, 0.2) is 18.2 Å². The van der Waals surface area contributed by atoms with E-state index in [4.69, 9.17) is 11.6 Å². The second-order valence-electron chi connectivity index (χ2n) is 3.22. The highest BCUT2D eigenvalue weighted by Gasteiger charge is 2.24. The van der Waals surface area contributed by atoms with Gasteiger partial charge in [-0.05, 0) is 12.1 Å². The van der Waals surface area contributed by atoms with E-state index in [0.29, 0.717) is 0 Å². The molecule has 0 spiro atoms. The van der Waals surface area contributed by atoms with Gasteiger partial charge in [0.25, 0.3) is 0 Å². The van der Waals surface area contributed by atoms with Gasteiger partial charge in [0.2, 0.25) is 0 Å². The SMILES string of the molecule is COC(=O)c1cc(C[B-](F)(F)F)ccc1Cl. The van der Waals surface area contributed by atoms with Gasteiger partial charge in [0.05, 0.1) is 17.7 Å². The van der Waals surface area contributed by atoms with E-state index < -0.39 is 19.3 Å². The van der Waals surface area contributed by atoms with Crippen molar-refractivity contribution in [3.8, 4) is 0 Å². The van der Waals surface area contributed by atoms with Crippen molar-refractivity contribution >= 4 is 24.5 Å². The first kappa shape index (κ1) is 12.9. The molecule has 0 aromatic heterocycles. The number of benzene rings is 1. The van der Waals surface area contributed by atoms with Gasteiger partial charge in [-0.3, -0.25) is 0 Å². The molecule has 88 valence electrons. The van der Waals surface area contributed by atoms with Crippen LogP contribution in [0.2, 0.25) is 5.02 Å². The van der Waals surface area contributed by atoms with E-state index in [0.717, 1.165) is 13.2 Å². The highest BCUT2D eigenvalue weighted by atomic mass is 35.5. The quantitative estimate of drug-likeness (QED) is 0.609. The van der Waals surface area contributed by atoms with Crippen LogP contribution in [-0.4, -0.2) is 20.1 Å². The average Bonchev–Trinajstić information content (AvgIpc) is 2.18. The van der Waals surface area contributed by atoms with E-state index >= 15 is 0 Å². The lowest BCUT2D eigenvalue weighted by molar-refractivity contribution is 0.0600. The van der Waals surface area contributed by atoms with Crippen molar-refractivity contribution in [2.75, 3.05) is 7.11 Å². The largest absolute Gasteiger partial charge is 0.482 e. The van der Waals surface area contributed by atoms with Gasteiger partial charge in [-0.1, -0.05) is 29.6 Å². The molecule has 1 aromatic carbocycles. The van der Waals surface area contributed by atoms with Crippen molar-refractivity contribution < 1.29 is 22.5 Å². The van der Waals surface area contributed by atoms with Crippen LogP contribution in [0.25, 0.3) is 0 Å². The van der Waals surface area contributed by atoms with E-state index in [1.165, 1.54) is 12.1 Å². The second kappa shape index (κ2) is 4.78. The van der Waals surface area contributed by atoms with Gasteiger partial charge in [0.1, 0.15) is 0 Å². The van der Waals surface area contributed by atoms with Crippen LogP contribution >= 0.6 is 11.6 Å². The number of halogens is 4. The Bertz CT molecular complexity index is 406. The molecule has 1 rings (SSSR count). The molecular weight excluding hydrogens is 243 g/mol. The van der Waals surface area contributed by atoms with E-state index in [-0.39, 0.29) is 16.1 Å². The lowest BCUT2D eigenvalue weighted by atomic mass is 9.81. The van der Waals surface area contributed by atoms with Gasteiger partial charge in [-0.15, -0.1) is 0 Å². The summed E-state index contributed by atoms with van der Waals surface area (Å²) in [6, 6.07) is 3.60. The van der Waals surface area contributed by atoms with Crippen molar-refractivity contribution in [2.45, 2.75) is 6.32 Å². The summed E-state index contributed by atoms with van der Waals surface area (Å²) in [5.41, 5.74) is -0.0565. The van der Waals surface area contributed by atoms with Crippen LogP contribution in [0.5, 0.6) is 0 Å². The second-order valence-corrected chi connectivity index (χ2v) is 3.63. The monoisotopic (exact) mass is 251 g/mol. The Morgan fingerprint density at radius 1 is 1.44 bits per heavy atom. The fourth-order valence-corrected chi connectivity index (χ4v) is 1.43. The van der Waals surface area contributed by atoms with Gasteiger partial charge in [-0.25, -0.2) is 4.79 Å². The summed E-state index contributed by atoms with van der Waals surface area (Å²) in [6.07, 6.45) is -1.04. The first-order valence-corrected chi connectivity index (χ1v) is 4.79. The summed E-state index contributed by atoms with van der Waals surface area (Å²) in [5, 5.41) is 0.0743. The summed E-state index contributed by atoms with van der Waals surface area (Å²) in [4.78, 5) is 11.2. The number of ether oxygens (including phenoxy) is 1. The van der Waals surface area contributed by atoms with Crippen molar-refractivity contribution in [1.29, 1.82) is 0 Å². The predicted octanol–water partition coefficient (Wildman–Crippen LogP) is 3.06. The van der Waals surface area contributed by atoms with E-state index in [1.807, 2.05) is 0 Å². The van der Waals surface area contributed by atoms with Crippen molar-refractivity contribution in [2.24, 2.45) is 0 Å². The van der Waals surface area contributed by atoms with E-state index in [1.54, 1.807) is 0 Å². The Kier molecular flexibility index (Phi) is 3.85. The molecule has 0 aliphatic carbocycles. The zero-order valence-corrected chi connectivity index (χ0v) is 9.10. The Balaban J connectivity index is 3.03. The molecule has 0 N–H and O–H groups in total. The van der Waals surface area contributed by atoms with Crippen LogP contribution in [-0.2, 0) is 11.1 Å². The fraction of sp³-hybridized carbons (Fsp3) is 0.222. The Labute approximate surface area is 95.4 Å². The number of hydrogen-bond acceptors (Lipinski definition) is 2. The first-order valence-electron chi connectivity index (χ1n) is 4.41. The number of rotatable bonds is 3. The minimum Gasteiger partial charge on any atom is -0.465 e. The smallest absolute Gasteiger partial charge is 0.465 e. The molecule has 0 atom stereocenters. The summed E-state index contributed by atoms with van der Waals surface area (Å²) in [5.74, 6) is -0.749. The predicted molar refractivity (Wildman–Crippen MR) is 55.6 cm³/mol. The van der Waals surface area contributed by atoms with Crippen molar-refractivity contribution in [1.82, 2.24) is 0 Å². The Hall–Kier alpha value is -1.17. The minimum atomic E-state index is -4.93. The molecule has 7 heteroatoms. The molecule has 0 saturated carbocycles. The average molecular weight is 251 g/mol. The molecule has 0 amide bonds. The van der Waals surface area contributed by atoms with Gasteiger partial charge < -0.3 is 17.7 Å². The van der Waals surface area contributed by atoms with Crippen LogP contribution in [0, 0.1) is 0 Å². The highest BCUT2D eigenvalue weighted by molar-refractivity contribution is 6.57. The van der Waals surface area contributed by atoms with Crippen LogP contribution in [0.3, 0.4) is 0 Å². The molecule has 0 fully saturated rings. The maximum atomic E-state index is 12.2. The van der Waals surface area contributed by atoms with E-state index in [2.05, 4.69) is 4.74 Å². The van der Waals surface area contributed by atoms with E-state index in [9.17, 15) is 17.7 Å². The standard InChI is InChI=1S/C9H8BClF3O2/c1-16-9(15)7-4-6(2-3-8(7)11)5-10(12,13)14/h2-4H,5H2,1H3/q-1. The third-order valence-corrected chi connectivity index (χ3v) is 2.23. The maximum Gasteiger partial charge on any atom is 0.482 e. The molecular formula is C9H8BClF3O2-. The van der Waals surface area contributed by atoms with Crippen molar-refractivity contribution in [3.63, 3.8) is 0 Å². The molecule has 0 bridgehead atoms. The molecule has 0 saturated heterocycles. The van der Waals surface area contributed by atoms with Crippen LogP contribution in [0.4, 0.5) is 12.9 Å². The number of carbonyl (C=O) groups excluding carboxylic acids is 1. The molecule has 0 aliphatic rings. The minimum absolute atomic E-state index is 0.00250. The zero-order valence-electron chi connectivity index (χ0n) is 8.34. The normalized spacial score (nSPS) is 11.3. The molecule has 0 unspecified atom stereocenters. The Morgan fingerprint density at radius 2 is 2.06 bits per heavy atom. The molecule has 0 radical (unpaired) electrons. The number of esters is 1. The van der Waals surface area contributed by atoms with Crippen LogP contribution < -0.4 is 0 Å².